The van der Waals surface area contributed by atoms with Gasteiger partial charge in [0.1, 0.15) is 28.3 Å². The monoisotopic (exact) mass is 901 g/mol. The SMILES string of the molecule is COc1ccc2c(O[C@@H]3C[C@H]4C(=O)C[C@]5(C(=O)NS(=O)(=O)N6CCCC6)C[C@@H]5/C=C\CCCCC[C@H](Cc5ccc(Cl)cc5)C(=O)N4C3)cc(-c3nc(C(C)C)cs3)nc2c1C. The van der Waals surface area contributed by atoms with E-state index in [-0.39, 0.29) is 42.9 Å². The van der Waals surface area contributed by atoms with Crippen molar-refractivity contribution in [3.05, 3.63) is 81.8 Å². The van der Waals surface area contributed by atoms with Gasteiger partial charge in [0.15, 0.2) is 5.78 Å². The van der Waals surface area contributed by atoms with Crippen LogP contribution in [-0.4, -0.2) is 84.1 Å². The van der Waals surface area contributed by atoms with E-state index >= 15 is 4.79 Å². The Morgan fingerprint density at radius 1 is 1.03 bits per heavy atom. The number of nitrogens with one attached hydrogen (secondary N) is 1. The maximum atomic E-state index is 15.0. The van der Waals surface area contributed by atoms with Crippen LogP contribution in [0.2, 0.25) is 5.02 Å². The van der Waals surface area contributed by atoms with Gasteiger partial charge < -0.3 is 14.4 Å². The molecule has 330 valence electrons. The second-order valence-corrected chi connectivity index (χ2v) is 20.7. The number of allylic oxidation sites excluding steroid dienone is 2. The molecule has 0 radical (unpaired) electrons. The number of hydrogen-bond acceptors (Lipinski definition) is 10. The van der Waals surface area contributed by atoms with Crippen molar-refractivity contribution in [1.82, 2.24) is 23.9 Å². The highest BCUT2D eigenvalue weighted by Crippen LogP contribution is 2.57. The fraction of sp³-hybridized carbons (Fsp3) is 0.511. The zero-order valence-corrected chi connectivity index (χ0v) is 38.3. The van der Waals surface area contributed by atoms with Crippen molar-refractivity contribution in [2.75, 3.05) is 26.7 Å². The number of thiazole rings is 1. The number of aryl methyl sites for hydroxylation is 1. The quantitative estimate of drug-likeness (QED) is 0.155. The lowest BCUT2D eigenvalue weighted by Gasteiger charge is -2.29. The number of ether oxygens (including phenoxy) is 2. The molecule has 62 heavy (non-hydrogen) atoms. The number of ketones is 1. The van der Waals surface area contributed by atoms with E-state index in [4.69, 9.17) is 31.0 Å². The van der Waals surface area contributed by atoms with E-state index in [0.29, 0.717) is 60.1 Å². The summed E-state index contributed by atoms with van der Waals surface area (Å²) in [6.07, 6.45) is 9.82. The Hall–Kier alpha value is -4.37. The first kappa shape index (κ1) is 44.2. The van der Waals surface area contributed by atoms with E-state index in [1.807, 2.05) is 60.8 Å². The average Bonchev–Trinajstić information content (AvgIpc) is 3.75. The van der Waals surface area contributed by atoms with Gasteiger partial charge in [-0.1, -0.05) is 62.6 Å². The second-order valence-electron chi connectivity index (χ2n) is 17.8. The van der Waals surface area contributed by atoms with Crippen molar-refractivity contribution < 1.29 is 32.3 Å². The third-order valence-electron chi connectivity index (χ3n) is 13.1. The van der Waals surface area contributed by atoms with Gasteiger partial charge in [0.05, 0.1) is 36.3 Å². The normalized spacial score (nSPS) is 25.5. The number of halogens is 1. The van der Waals surface area contributed by atoms with Gasteiger partial charge in [0, 0.05) is 59.3 Å². The first-order chi connectivity index (χ1) is 29.8. The molecular formula is C47H56ClN5O7S2. The molecule has 2 amide bonds. The molecule has 0 unspecified atom stereocenters. The van der Waals surface area contributed by atoms with Gasteiger partial charge in [0.2, 0.25) is 11.8 Å². The molecule has 3 fully saturated rings. The summed E-state index contributed by atoms with van der Waals surface area (Å²) in [5.74, 6) is -0.311. The standard InChI is InChI=1S/C47H56ClN5O7S2/c1-29(2)38-28-61-44(50-38)37-24-42(36-18-19-41(59-4)30(3)43(36)49-37)60-35-23-39-40(54)26-47(46(56)51-62(57,58)52-20-10-11-21-52)25-33(47)13-9-7-5-6-8-12-32(45(55)53(39)27-35)22-31-14-16-34(48)17-15-31/h9,13-19,24,28-29,32-33,35,39H,5-8,10-12,20-23,25-27H2,1-4H3,(H,51,56)/b13-9-/t32-,33+,35-,39+,47-/m1/s1. The molecule has 4 aliphatic rings. The van der Waals surface area contributed by atoms with Gasteiger partial charge >= 0.3 is 10.2 Å². The summed E-state index contributed by atoms with van der Waals surface area (Å²) in [6.45, 7) is 7.00. The van der Waals surface area contributed by atoms with Crippen LogP contribution in [0.5, 0.6) is 11.5 Å². The molecular weight excluding hydrogens is 846 g/mol. The van der Waals surface area contributed by atoms with Crippen LogP contribution in [0.3, 0.4) is 0 Å². The molecule has 8 rings (SSSR count). The van der Waals surface area contributed by atoms with Crippen LogP contribution < -0.4 is 14.2 Å². The summed E-state index contributed by atoms with van der Waals surface area (Å²) < 4.78 is 43.0. The number of benzene rings is 2. The minimum atomic E-state index is -4.08. The second kappa shape index (κ2) is 18.4. The number of hydrogen-bond donors (Lipinski definition) is 1. The number of carbonyl (C=O) groups excluding carboxylic acids is 3. The van der Waals surface area contributed by atoms with E-state index < -0.39 is 39.6 Å². The molecule has 1 aliphatic carbocycles. The zero-order chi connectivity index (χ0) is 43.8. The fourth-order valence-corrected chi connectivity index (χ4v) is 11.8. The molecule has 2 saturated heterocycles. The number of carbonyl (C=O) groups is 3. The molecule has 0 bridgehead atoms. The highest BCUT2D eigenvalue weighted by molar-refractivity contribution is 7.87. The van der Waals surface area contributed by atoms with Crippen LogP contribution in [0.1, 0.15) is 101 Å². The average molecular weight is 903 g/mol. The van der Waals surface area contributed by atoms with Crippen LogP contribution in [0.15, 0.2) is 60.0 Å². The van der Waals surface area contributed by atoms with Crippen LogP contribution >= 0.6 is 22.9 Å². The number of pyridine rings is 1. The Labute approximate surface area is 373 Å². The van der Waals surface area contributed by atoms with Crippen molar-refractivity contribution in [3.8, 4) is 22.2 Å². The number of methoxy groups -OCH3 is 1. The van der Waals surface area contributed by atoms with Gasteiger partial charge in [-0.05, 0) is 93.5 Å². The van der Waals surface area contributed by atoms with Gasteiger partial charge in [-0.3, -0.25) is 14.4 Å². The Morgan fingerprint density at radius 3 is 2.53 bits per heavy atom. The van der Waals surface area contributed by atoms with Crippen molar-refractivity contribution in [3.63, 3.8) is 0 Å². The Bertz CT molecular complexity index is 2470. The van der Waals surface area contributed by atoms with Crippen LogP contribution in [-0.2, 0) is 31.0 Å². The first-order valence-corrected chi connectivity index (χ1v) is 24.6. The summed E-state index contributed by atoms with van der Waals surface area (Å²) in [5.41, 5.74) is 2.89. The molecule has 0 spiro atoms. The molecule has 12 nitrogen and oxygen atoms in total. The summed E-state index contributed by atoms with van der Waals surface area (Å²) in [7, 11) is -2.45. The topological polar surface area (TPSA) is 148 Å². The minimum absolute atomic E-state index is 0.135. The smallest absolute Gasteiger partial charge is 0.303 e. The lowest BCUT2D eigenvalue weighted by molar-refractivity contribution is -0.142. The Morgan fingerprint density at radius 2 is 1.81 bits per heavy atom. The van der Waals surface area contributed by atoms with Crippen LogP contribution in [0.25, 0.3) is 21.6 Å². The number of Topliss-reactive ketones (excluding diaryl/α,β-unsaturated/α-hetero) is 1. The molecule has 1 saturated carbocycles. The molecule has 4 aromatic rings. The predicted octanol–water partition coefficient (Wildman–Crippen LogP) is 8.60. The lowest BCUT2D eigenvalue weighted by Crippen LogP contribution is -2.48. The molecule has 15 heteroatoms. The molecule has 2 aromatic heterocycles. The Balaban J connectivity index is 1.15. The van der Waals surface area contributed by atoms with Gasteiger partial charge in [-0.25, -0.2) is 14.7 Å². The number of nitrogens with zero attached hydrogens (tertiary/aromatic N) is 4. The highest BCUT2D eigenvalue weighted by atomic mass is 35.5. The fourth-order valence-electron chi connectivity index (χ4n) is 9.40. The van der Waals surface area contributed by atoms with Crippen molar-refractivity contribution in [2.45, 2.75) is 109 Å². The van der Waals surface area contributed by atoms with E-state index in [1.165, 1.54) is 15.6 Å². The summed E-state index contributed by atoms with van der Waals surface area (Å²) in [5, 5.41) is 4.17. The van der Waals surface area contributed by atoms with Crippen molar-refractivity contribution in [2.24, 2.45) is 17.3 Å². The van der Waals surface area contributed by atoms with E-state index in [2.05, 4.69) is 24.6 Å². The molecule has 5 atom stereocenters. The number of rotatable bonds is 10. The lowest BCUT2D eigenvalue weighted by atomic mass is 9.90. The maximum Gasteiger partial charge on any atom is 0.303 e. The third-order valence-corrected chi connectivity index (χ3v) is 15.8. The van der Waals surface area contributed by atoms with E-state index in [1.54, 1.807) is 12.0 Å². The predicted molar refractivity (Wildman–Crippen MR) is 242 cm³/mol. The van der Waals surface area contributed by atoms with Gasteiger partial charge in [-0.2, -0.15) is 12.7 Å². The van der Waals surface area contributed by atoms with E-state index in [0.717, 1.165) is 65.7 Å². The molecule has 1 N–H and O–H groups in total. The molecule has 3 aliphatic heterocycles. The number of fused-ring (bicyclic) bond motifs is 3. The van der Waals surface area contributed by atoms with Gasteiger partial charge in [0.25, 0.3) is 0 Å². The molecule has 2 aromatic carbocycles. The Kier molecular flexibility index (Phi) is 13.1. The first-order valence-electron chi connectivity index (χ1n) is 21.9. The summed E-state index contributed by atoms with van der Waals surface area (Å²) >= 11 is 7.76. The number of aromatic nitrogens is 2. The molecule has 5 heterocycles. The largest absolute Gasteiger partial charge is 0.496 e. The highest BCUT2D eigenvalue weighted by Gasteiger charge is 2.61. The van der Waals surface area contributed by atoms with Crippen molar-refractivity contribution >= 4 is 61.6 Å². The van der Waals surface area contributed by atoms with Crippen LogP contribution in [0, 0.1) is 24.2 Å². The summed E-state index contributed by atoms with van der Waals surface area (Å²) in [4.78, 5) is 55.7. The van der Waals surface area contributed by atoms with Crippen molar-refractivity contribution in [1.29, 1.82) is 0 Å². The van der Waals surface area contributed by atoms with Gasteiger partial charge in [-0.15, -0.1) is 11.3 Å². The minimum Gasteiger partial charge on any atom is -0.496 e. The van der Waals surface area contributed by atoms with E-state index in [9.17, 15) is 18.0 Å². The summed E-state index contributed by atoms with van der Waals surface area (Å²) in [6, 6.07) is 12.3. The zero-order valence-electron chi connectivity index (χ0n) is 35.9. The number of amides is 2. The maximum absolute atomic E-state index is 15.0. The third kappa shape index (κ3) is 9.30. The van der Waals surface area contributed by atoms with Crippen LogP contribution in [0.4, 0.5) is 0 Å².